The lowest BCUT2D eigenvalue weighted by Crippen LogP contribution is -2.47. The molecule has 0 unspecified atom stereocenters. The van der Waals surface area contributed by atoms with Gasteiger partial charge in [0, 0.05) is 6.42 Å². The maximum Gasteiger partial charge on any atom is 0.305 e. The summed E-state index contributed by atoms with van der Waals surface area (Å²) in [5, 5.41) is 0. The van der Waals surface area contributed by atoms with Crippen LogP contribution in [0.2, 0.25) is 0 Å². The van der Waals surface area contributed by atoms with Crippen molar-refractivity contribution in [1.82, 2.24) is 0 Å². The highest BCUT2D eigenvalue weighted by molar-refractivity contribution is 5.69. The van der Waals surface area contributed by atoms with Gasteiger partial charge in [-0.3, -0.25) is 4.79 Å². The van der Waals surface area contributed by atoms with Crippen molar-refractivity contribution in [2.45, 2.75) is 265 Å². The van der Waals surface area contributed by atoms with Crippen molar-refractivity contribution in [3.8, 4) is 0 Å². The summed E-state index contributed by atoms with van der Waals surface area (Å²) in [5.74, 6) is 0.0283. The standard InChI is InChI=1S/C60H110NO2/c1-7-10-13-16-19-22-25-28-31-34-37-40-43-46-49-52-55-60(57-61(4,5)6,56-53-50-47-44-41-38-35-32-29-26-23-20-17-14-11-8-2)58-63-59(62)54-51-48-45-42-39-36-33-30-27-24-21-18-15-12-9-3/h19-24,28-33H,7-18,25-27,34-58H2,1-6H3/q+1/b22-19-,23-20-,24-21-,31-28-,32-29-,33-30-. The number of hydrogen-bond acceptors (Lipinski definition) is 2. The first-order valence-corrected chi connectivity index (χ1v) is 27.6. The van der Waals surface area contributed by atoms with Gasteiger partial charge in [0.15, 0.2) is 0 Å². The molecule has 0 N–H and O–H groups in total. The SMILES string of the molecule is CCCCC/C=C\C/C=C\CCCCCCCCC(CCCCCCCC/C=C\C/C=C\CCCCC)(COC(=O)CCCCCCC/C=C\C/C=C\CCCCC)C[N+](C)(C)C. The molecule has 3 heteroatoms. The van der Waals surface area contributed by atoms with Crippen molar-refractivity contribution >= 4 is 5.97 Å². The van der Waals surface area contributed by atoms with E-state index in [2.05, 4.69) is 115 Å². The van der Waals surface area contributed by atoms with Crippen LogP contribution in [0.4, 0.5) is 0 Å². The lowest BCUT2D eigenvalue weighted by Gasteiger charge is -2.39. The van der Waals surface area contributed by atoms with Gasteiger partial charge in [-0.15, -0.1) is 0 Å². The normalized spacial score (nSPS) is 12.9. The molecule has 0 aliphatic heterocycles. The average Bonchev–Trinajstić information content (AvgIpc) is 3.26. The summed E-state index contributed by atoms with van der Waals surface area (Å²) < 4.78 is 7.17. The van der Waals surface area contributed by atoms with Gasteiger partial charge in [-0.05, 0) is 116 Å². The molecule has 0 radical (unpaired) electrons. The Morgan fingerprint density at radius 2 is 0.667 bits per heavy atom. The molecule has 0 aromatic rings. The Bertz CT molecular complexity index is 1090. The van der Waals surface area contributed by atoms with Gasteiger partial charge in [-0.1, -0.05) is 216 Å². The lowest BCUT2D eigenvalue weighted by molar-refractivity contribution is -0.877. The molecule has 0 amide bonds. The van der Waals surface area contributed by atoms with Crippen molar-refractivity contribution in [3.63, 3.8) is 0 Å². The van der Waals surface area contributed by atoms with Crippen LogP contribution in [0.15, 0.2) is 72.9 Å². The Balaban J connectivity index is 4.82. The Hall–Kier alpha value is -2.13. The number of quaternary nitrogens is 1. The maximum absolute atomic E-state index is 13.2. The second-order valence-corrected chi connectivity index (χ2v) is 20.3. The number of rotatable bonds is 48. The van der Waals surface area contributed by atoms with E-state index in [4.69, 9.17) is 4.74 Å². The number of hydrogen-bond donors (Lipinski definition) is 0. The van der Waals surface area contributed by atoms with Crippen LogP contribution in [0.1, 0.15) is 265 Å². The first-order valence-electron chi connectivity index (χ1n) is 27.6. The van der Waals surface area contributed by atoms with E-state index in [-0.39, 0.29) is 11.4 Å². The van der Waals surface area contributed by atoms with E-state index in [9.17, 15) is 4.79 Å². The smallest absolute Gasteiger partial charge is 0.305 e. The summed E-state index contributed by atoms with van der Waals surface area (Å²) in [7, 11) is 6.99. The molecule has 0 heterocycles. The average molecular weight is 878 g/mol. The number of unbranched alkanes of at least 4 members (excludes halogenated alkanes) is 26. The zero-order valence-electron chi connectivity index (χ0n) is 43.5. The van der Waals surface area contributed by atoms with Crippen molar-refractivity contribution in [2.75, 3.05) is 34.3 Å². The zero-order valence-corrected chi connectivity index (χ0v) is 43.5. The molecule has 0 aliphatic rings. The van der Waals surface area contributed by atoms with E-state index >= 15 is 0 Å². The first kappa shape index (κ1) is 60.9. The Kier molecular flexibility index (Phi) is 46.2. The van der Waals surface area contributed by atoms with Crippen LogP contribution in [0.5, 0.6) is 0 Å². The molecule has 63 heavy (non-hydrogen) atoms. The van der Waals surface area contributed by atoms with E-state index in [0.717, 1.165) is 43.1 Å². The fourth-order valence-corrected chi connectivity index (χ4v) is 8.84. The quantitative estimate of drug-likeness (QED) is 0.0263. The molecule has 0 saturated carbocycles. The molecule has 0 atom stereocenters. The van der Waals surface area contributed by atoms with E-state index in [1.807, 2.05) is 0 Å². The summed E-state index contributed by atoms with van der Waals surface area (Å²) in [6, 6.07) is 0. The predicted molar refractivity (Wildman–Crippen MR) is 284 cm³/mol. The van der Waals surface area contributed by atoms with E-state index < -0.39 is 0 Å². The second kappa shape index (κ2) is 47.8. The molecular formula is C60H110NO2+. The zero-order chi connectivity index (χ0) is 46.1. The number of carbonyl (C=O) groups is 1. The van der Waals surface area contributed by atoms with E-state index in [0.29, 0.717) is 13.0 Å². The minimum Gasteiger partial charge on any atom is -0.465 e. The molecule has 0 fully saturated rings. The highest BCUT2D eigenvalue weighted by Gasteiger charge is 2.36. The number of carbonyl (C=O) groups excluding carboxylic acids is 1. The molecule has 0 aromatic carbocycles. The van der Waals surface area contributed by atoms with Gasteiger partial charge in [-0.2, -0.15) is 0 Å². The molecule has 0 saturated heterocycles. The molecule has 0 rings (SSSR count). The van der Waals surface area contributed by atoms with Gasteiger partial charge in [-0.25, -0.2) is 0 Å². The summed E-state index contributed by atoms with van der Waals surface area (Å²) in [6.45, 7) is 8.48. The Morgan fingerprint density at radius 3 is 0.984 bits per heavy atom. The van der Waals surface area contributed by atoms with E-state index in [1.165, 1.54) is 205 Å². The fraction of sp³-hybridized carbons (Fsp3) is 0.783. The van der Waals surface area contributed by atoms with Crippen LogP contribution in [-0.4, -0.2) is 44.7 Å². The van der Waals surface area contributed by atoms with Crippen LogP contribution < -0.4 is 0 Å². The lowest BCUT2D eigenvalue weighted by atomic mass is 9.77. The monoisotopic (exact) mass is 877 g/mol. The van der Waals surface area contributed by atoms with Gasteiger partial charge >= 0.3 is 5.97 Å². The Labute approximate surface area is 395 Å². The molecule has 0 aromatic heterocycles. The molecule has 0 bridgehead atoms. The summed E-state index contributed by atoms with van der Waals surface area (Å²) in [6.07, 6.45) is 75.0. The summed E-state index contributed by atoms with van der Waals surface area (Å²) in [4.78, 5) is 13.2. The van der Waals surface area contributed by atoms with Crippen LogP contribution in [0, 0.1) is 5.41 Å². The topological polar surface area (TPSA) is 26.3 Å². The van der Waals surface area contributed by atoms with Gasteiger partial charge in [0.25, 0.3) is 0 Å². The number of nitrogens with zero attached hydrogens (tertiary/aromatic N) is 1. The van der Waals surface area contributed by atoms with Crippen LogP contribution in [0.25, 0.3) is 0 Å². The van der Waals surface area contributed by atoms with Crippen molar-refractivity contribution in [3.05, 3.63) is 72.9 Å². The Morgan fingerprint density at radius 1 is 0.381 bits per heavy atom. The third-order valence-electron chi connectivity index (χ3n) is 12.5. The molecular weight excluding hydrogens is 767 g/mol. The van der Waals surface area contributed by atoms with Gasteiger partial charge in [0.2, 0.25) is 0 Å². The molecule has 0 spiro atoms. The first-order chi connectivity index (χ1) is 30.8. The summed E-state index contributed by atoms with van der Waals surface area (Å²) >= 11 is 0. The number of allylic oxidation sites excluding steroid dienone is 12. The fourth-order valence-electron chi connectivity index (χ4n) is 8.84. The third kappa shape index (κ3) is 47.6. The maximum atomic E-state index is 13.2. The molecule has 3 nitrogen and oxygen atoms in total. The number of ether oxygens (including phenoxy) is 1. The number of esters is 1. The molecule has 0 aliphatic carbocycles. The van der Waals surface area contributed by atoms with Crippen LogP contribution in [-0.2, 0) is 9.53 Å². The highest BCUT2D eigenvalue weighted by Crippen LogP contribution is 2.35. The third-order valence-corrected chi connectivity index (χ3v) is 12.5. The summed E-state index contributed by atoms with van der Waals surface area (Å²) in [5.41, 5.74) is 0.0662. The van der Waals surface area contributed by atoms with Crippen molar-refractivity contribution in [2.24, 2.45) is 5.41 Å². The largest absolute Gasteiger partial charge is 0.465 e. The second-order valence-electron chi connectivity index (χ2n) is 20.3. The van der Waals surface area contributed by atoms with Crippen LogP contribution >= 0.6 is 0 Å². The minimum absolute atomic E-state index is 0.0283. The van der Waals surface area contributed by atoms with Gasteiger partial charge in [0.1, 0.15) is 6.61 Å². The van der Waals surface area contributed by atoms with Crippen molar-refractivity contribution < 1.29 is 14.0 Å². The van der Waals surface area contributed by atoms with Gasteiger partial charge < -0.3 is 9.22 Å². The minimum atomic E-state index is 0.0283. The van der Waals surface area contributed by atoms with Crippen LogP contribution in [0.3, 0.4) is 0 Å². The molecule has 366 valence electrons. The van der Waals surface area contributed by atoms with E-state index in [1.54, 1.807) is 0 Å². The van der Waals surface area contributed by atoms with Gasteiger partial charge in [0.05, 0.1) is 33.1 Å². The van der Waals surface area contributed by atoms with Crippen molar-refractivity contribution in [1.29, 1.82) is 0 Å². The highest BCUT2D eigenvalue weighted by atomic mass is 16.5. The predicted octanol–water partition coefficient (Wildman–Crippen LogP) is 19.4.